The molecule has 1 aromatic carbocycles. The van der Waals surface area contributed by atoms with E-state index in [4.69, 9.17) is 4.74 Å². The quantitative estimate of drug-likeness (QED) is 0.560. The fraction of sp³-hybridized carbons (Fsp3) is 0.462. The van der Waals surface area contributed by atoms with Crippen LogP contribution in [0.3, 0.4) is 0 Å². The zero-order valence-corrected chi connectivity index (χ0v) is 20.2. The van der Waals surface area contributed by atoms with Gasteiger partial charge < -0.3 is 9.64 Å². The first kappa shape index (κ1) is 23.6. The number of hydrogen-bond donors (Lipinski definition) is 0. The second-order valence-electron chi connectivity index (χ2n) is 9.30. The standard InChI is InChI=1S/C26H31FN6O2/c1-18(31-13-15-35-16-14-31)20-8-11-32(12-9-20)25(34)22-17-29-33(19(22)2)26-28-10-7-24(30-26)21-5-3-4-6-23(21)27/h3-7,10,17-18,20H,8-9,11-16H2,1-2H3. The maximum absolute atomic E-state index is 14.2. The van der Waals surface area contributed by atoms with Gasteiger partial charge in [0, 0.05) is 44.0 Å². The number of likely N-dealkylation sites (tertiary alicyclic amines) is 1. The minimum absolute atomic E-state index is 0.0171. The fourth-order valence-electron chi connectivity index (χ4n) is 5.13. The highest BCUT2D eigenvalue weighted by Gasteiger charge is 2.31. The Kier molecular flexibility index (Phi) is 6.88. The highest BCUT2D eigenvalue weighted by molar-refractivity contribution is 5.95. The summed E-state index contributed by atoms with van der Waals surface area (Å²) in [6, 6.07) is 8.64. The van der Waals surface area contributed by atoms with Crippen LogP contribution in [-0.2, 0) is 4.74 Å². The van der Waals surface area contributed by atoms with Crippen LogP contribution in [0, 0.1) is 18.7 Å². The lowest BCUT2D eigenvalue weighted by Gasteiger charge is -2.41. The number of benzene rings is 1. The van der Waals surface area contributed by atoms with Gasteiger partial charge in [0.25, 0.3) is 11.9 Å². The van der Waals surface area contributed by atoms with Crippen LogP contribution in [0.25, 0.3) is 17.2 Å². The van der Waals surface area contributed by atoms with Crippen molar-refractivity contribution in [1.82, 2.24) is 29.5 Å². The van der Waals surface area contributed by atoms with Gasteiger partial charge in [0.1, 0.15) is 5.82 Å². The molecule has 0 spiro atoms. The van der Waals surface area contributed by atoms with E-state index in [0.717, 1.165) is 52.2 Å². The van der Waals surface area contributed by atoms with Gasteiger partial charge in [0.2, 0.25) is 0 Å². The molecule has 9 heteroatoms. The normalized spacial score (nSPS) is 18.5. The molecule has 5 rings (SSSR count). The Hall–Kier alpha value is -3.17. The zero-order valence-electron chi connectivity index (χ0n) is 20.2. The number of nitrogens with zero attached hydrogens (tertiary/aromatic N) is 6. The summed E-state index contributed by atoms with van der Waals surface area (Å²) in [6.07, 6.45) is 5.14. The number of morpholine rings is 1. The second-order valence-corrected chi connectivity index (χ2v) is 9.30. The van der Waals surface area contributed by atoms with Gasteiger partial charge in [-0.25, -0.2) is 19.0 Å². The van der Waals surface area contributed by atoms with E-state index in [1.807, 2.05) is 11.8 Å². The molecule has 4 heterocycles. The number of halogens is 1. The Bertz CT molecular complexity index is 1180. The number of carbonyl (C=O) groups is 1. The van der Waals surface area contributed by atoms with E-state index in [1.54, 1.807) is 41.3 Å². The van der Waals surface area contributed by atoms with E-state index in [9.17, 15) is 9.18 Å². The molecule has 1 unspecified atom stereocenters. The van der Waals surface area contributed by atoms with Crippen LogP contribution in [0.5, 0.6) is 0 Å². The Labute approximate surface area is 204 Å². The molecule has 1 amide bonds. The van der Waals surface area contributed by atoms with E-state index < -0.39 is 0 Å². The lowest BCUT2D eigenvalue weighted by molar-refractivity contribution is -0.000955. The van der Waals surface area contributed by atoms with Gasteiger partial charge in [-0.1, -0.05) is 12.1 Å². The Morgan fingerprint density at radius 1 is 1.11 bits per heavy atom. The number of piperidine rings is 1. The van der Waals surface area contributed by atoms with Gasteiger partial charge in [-0.05, 0) is 50.8 Å². The summed E-state index contributed by atoms with van der Waals surface area (Å²) in [5.41, 5.74) is 2.08. The monoisotopic (exact) mass is 478 g/mol. The topological polar surface area (TPSA) is 76.4 Å². The van der Waals surface area contributed by atoms with Crippen molar-refractivity contribution in [3.8, 4) is 17.2 Å². The number of hydrogen-bond acceptors (Lipinski definition) is 6. The molecule has 1 atom stereocenters. The highest BCUT2D eigenvalue weighted by atomic mass is 19.1. The van der Waals surface area contributed by atoms with E-state index >= 15 is 0 Å². The summed E-state index contributed by atoms with van der Waals surface area (Å²) in [6.45, 7) is 9.20. The third-order valence-corrected chi connectivity index (χ3v) is 7.35. The average Bonchev–Trinajstić information content (AvgIpc) is 3.30. The summed E-state index contributed by atoms with van der Waals surface area (Å²) < 4.78 is 21.3. The molecule has 0 bridgehead atoms. The number of carbonyl (C=O) groups excluding carboxylic acids is 1. The van der Waals surface area contributed by atoms with E-state index in [2.05, 4.69) is 26.9 Å². The SMILES string of the molecule is Cc1c(C(=O)N2CCC(C(C)N3CCOCC3)CC2)cnn1-c1nccc(-c2ccccc2F)n1. The Morgan fingerprint density at radius 3 is 2.60 bits per heavy atom. The summed E-state index contributed by atoms with van der Waals surface area (Å²) >= 11 is 0. The smallest absolute Gasteiger partial charge is 0.257 e. The van der Waals surface area contributed by atoms with Gasteiger partial charge in [-0.15, -0.1) is 0 Å². The van der Waals surface area contributed by atoms with Crippen molar-refractivity contribution >= 4 is 5.91 Å². The van der Waals surface area contributed by atoms with Crippen LogP contribution >= 0.6 is 0 Å². The number of rotatable bonds is 5. The maximum atomic E-state index is 14.2. The summed E-state index contributed by atoms with van der Waals surface area (Å²) in [5, 5.41) is 4.40. The largest absolute Gasteiger partial charge is 0.379 e. The van der Waals surface area contributed by atoms with Gasteiger partial charge in [-0.3, -0.25) is 9.69 Å². The second kappa shape index (κ2) is 10.2. The molecule has 3 aromatic rings. The molecule has 2 fully saturated rings. The van der Waals surface area contributed by atoms with Crippen molar-refractivity contribution in [3.63, 3.8) is 0 Å². The van der Waals surface area contributed by atoms with Crippen LogP contribution in [0.15, 0.2) is 42.7 Å². The predicted octanol–water partition coefficient (Wildman–Crippen LogP) is 3.35. The Balaban J connectivity index is 1.28. The number of ether oxygens (including phenoxy) is 1. The molecule has 0 N–H and O–H groups in total. The van der Waals surface area contributed by atoms with E-state index in [0.29, 0.717) is 40.4 Å². The van der Waals surface area contributed by atoms with Crippen molar-refractivity contribution in [1.29, 1.82) is 0 Å². The lowest BCUT2D eigenvalue weighted by atomic mass is 9.89. The van der Waals surface area contributed by atoms with Crippen LogP contribution in [0.2, 0.25) is 0 Å². The van der Waals surface area contributed by atoms with Crippen LogP contribution < -0.4 is 0 Å². The van der Waals surface area contributed by atoms with E-state index in [1.165, 1.54) is 6.07 Å². The molecule has 2 saturated heterocycles. The van der Waals surface area contributed by atoms with Gasteiger partial charge in [-0.2, -0.15) is 5.10 Å². The third kappa shape index (κ3) is 4.83. The van der Waals surface area contributed by atoms with Gasteiger partial charge in [0.05, 0.1) is 36.4 Å². The maximum Gasteiger partial charge on any atom is 0.257 e. The lowest BCUT2D eigenvalue weighted by Crippen LogP contribution is -2.49. The van der Waals surface area contributed by atoms with Crippen molar-refractivity contribution < 1.29 is 13.9 Å². The molecular weight excluding hydrogens is 447 g/mol. The molecule has 2 aromatic heterocycles. The highest BCUT2D eigenvalue weighted by Crippen LogP contribution is 2.27. The molecule has 8 nitrogen and oxygen atoms in total. The molecule has 0 saturated carbocycles. The molecule has 35 heavy (non-hydrogen) atoms. The fourth-order valence-corrected chi connectivity index (χ4v) is 5.13. The average molecular weight is 479 g/mol. The van der Waals surface area contributed by atoms with Crippen LogP contribution in [0.4, 0.5) is 4.39 Å². The first-order valence-electron chi connectivity index (χ1n) is 12.3. The summed E-state index contributed by atoms with van der Waals surface area (Å²) in [7, 11) is 0. The molecule has 2 aliphatic rings. The minimum Gasteiger partial charge on any atom is -0.379 e. The summed E-state index contributed by atoms with van der Waals surface area (Å²) in [5.74, 6) is 0.517. The van der Waals surface area contributed by atoms with Gasteiger partial charge in [0.15, 0.2) is 0 Å². The molecule has 184 valence electrons. The number of amides is 1. The van der Waals surface area contributed by atoms with Crippen molar-refractivity contribution in [3.05, 3.63) is 59.8 Å². The van der Waals surface area contributed by atoms with Crippen LogP contribution in [-0.4, -0.2) is 80.9 Å². The first-order valence-corrected chi connectivity index (χ1v) is 12.3. The number of aromatic nitrogens is 4. The van der Waals surface area contributed by atoms with Crippen LogP contribution in [0.1, 0.15) is 35.8 Å². The van der Waals surface area contributed by atoms with Crippen molar-refractivity contribution in [2.75, 3.05) is 39.4 Å². The molecule has 2 aliphatic heterocycles. The molecular formula is C26H31FN6O2. The van der Waals surface area contributed by atoms with Gasteiger partial charge >= 0.3 is 0 Å². The first-order chi connectivity index (χ1) is 17.0. The van der Waals surface area contributed by atoms with Crippen molar-refractivity contribution in [2.45, 2.75) is 32.7 Å². The zero-order chi connectivity index (χ0) is 24.4. The Morgan fingerprint density at radius 2 is 1.86 bits per heavy atom. The predicted molar refractivity (Wildman–Crippen MR) is 130 cm³/mol. The summed E-state index contributed by atoms with van der Waals surface area (Å²) in [4.78, 5) is 26.6. The molecule has 0 aliphatic carbocycles. The van der Waals surface area contributed by atoms with Crippen molar-refractivity contribution in [2.24, 2.45) is 5.92 Å². The third-order valence-electron chi connectivity index (χ3n) is 7.35. The molecule has 0 radical (unpaired) electrons. The van der Waals surface area contributed by atoms with E-state index in [-0.39, 0.29) is 11.7 Å². The minimum atomic E-state index is -0.350.